The lowest BCUT2D eigenvalue weighted by Crippen LogP contribution is -2.12. The van der Waals surface area contributed by atoms with Crippen LogP contribution in [0.25, 0.3) is 0 Å². The summed E-state index contributed by atoms with van der Waals surface area (Å²) in [5.74, 6) is 0.0000255. The Balaban J connectivity index is 2.35. The van der Waals surface area contributed by atoms with Gasteiger partial charge in [-0.25, -0.2) is 4.68 Å². The Labute approximate surface area is 95.6 Å². The summed E-state index contributed by atoms with van der Waals surface area (Å²) in [5.41, 5.74) is 6.09. The van der Waals surface area contributed by atoms with Crippen LogP contribution in [0, 0.1) is 5.41 Å². The Morgan fingerprint density at radius 1 is 1.56 bits per heavy atom. The molecule has 0 fully saturated rings. The molecule has 0 aliphatic carbocycles. The van der Waals surface area contributed by atoms with Crippen LogP contribution in [0.3, 0.4) is 0 Å². The molecule has 0 bridgehead atoms. The van der Waals surface area contributed by atoms with Crippen LogP contribution in [-0.2, 0) is 7.05 Å². The molecule has 0 spiro atoms. The average molecular weight is 235 g/mol. The molecular weight excluding hydrogens is 226 g/mol. The summed E-state index contributed by atoms with van der Waals surface area (Å²) in [5, 5.41) is 19.1. The Kier molecular flexibility index (Phi) is 2.82. The number of nitrogens with two attached hydrogens (primary N) is 1. The molecule has 82 valence electrons. The van der Waals surface area contributed by atoms with E-state index in [4.69, 9.17) is 11.1 Å². The molecule has 8 heteroatoms. The molecule has 2 heterocycles. The molecule has 0 aliphatic rings. The molecule has 16 heavy (non-hydrogen) atoms. The molecule has 0 radical (unpaired) electrons. The van der Waals surface area contributed by atoms with Gasteiger partial charge in [-0.15, -0.1) is 5.10 Å². The summed E-state index contributed by atoms with van der Waals surface area (Å²) in [6.45, 7) is 0. The van der Waals surface area contributed by atoms with Gasteiger partial charge in [-0.2, -0.15) is 0 Å². The second-order valence-corrected chi connectivity index (χ2v) is 3.98. The van der Waals surface area contributed by atoms with E-state index in [1.807, 2.05) is 0 Å². The van der Waals surface area contributed by atoms with Gasteiger partial charge in [0.2, 0.25) is 5.16 Å². The second-order valence-electron chi connectivity index (χ2n) is 2.97. The van der Waals surface area contributed by atoms with Crippen LogP contribution in [0.4, 0.5) is 0 Å². The number of hydrogen-bond donors (Lipinski definition) is 2. The van der Waals surface area contributed by atoms with E-state index in [9.17, 15) is 0 Å². The van der Waals surface area contributed by atoms with Crippen LogP contribution in [0.15, 0.2) is 28.5 Å². The van der Waals surface area contributed by atoms with E-state index in [1.165, 1.54) is 11.8 Å². The van der Waals surface area contributed by atoms with Crippen LogP contribution in [0.1, 0.15) is 5.56 Å². The van der Waals surface area contributed by atoms with Crippen molar-refractivity contribution >= 4 is 17.6 Å². The van der Waals surface area contributed by atoms with E-state index in [2.05, 4.69) is 20.5 Å². The van der Waals surface area contributed by atoms with E-state index in [1.54, 1.807) is 30.2 Å². The molecule has 2 aromatic rings. The fourth-order valence-corrected chi connectivity index (χ4v) is 1.93. The smallest absolute Gasteiger partial charge is 0.213 e. The van der Waals surface area contributed by atoms with Gasteiger partial charge in [0.25, 0.3) is 0 Å². The van der Waals surface area contributed by atoms with Crippen molar-refractivity contribution < 1.29 is 0 Å². The first-order valence-corrected chi connectivity index (χ1v) is 5.18. The summed E-state index contributed by atoms with van der Waals surface area (Å²) >= 11 is 1.32. The number of aryl methyl sites for hydroxylation is 1. The highest BCUT2D eigenvalue weighted by atomic mass is 32.2. The number of amidine groups is 1. The van der Waals surface area contributed by atoms with Crippen molar-refractivity contribution in [2.24, 2.45) is 12.8 Å². The monoisotopic (exact) mass is 235 g/mol. The van der Waals surface area contributed by atoms with Crippen molar-refractivity contribution in [3.8, 4) is 0 Å². The van der Waals surface area contributed by atoms with Crippen molar-refractivity contribution in [2.45, 2.75) is 10.1 Å². The number of nitrogens with zero attached hydrogens (tertiary/aromatic N) is 5. The topological polar surface area (TPSA) is 106 Å². The van der Waals surface area contributed by atoms with E-state index in [0.717, 1.165) is 4.90 Å². The lowest BCUT2D eigenvalue weighted by Gasteiger charge is -2.04. The Morgan fingerprint density at radius 2 is 2.38 bits per heavy atom. The quantitative estimate of drug-likeness (QED) is 0.574. The van der Waals surface area contributed by atoms with Crippen LogP contribution in [-0.4, -0.2) is 31.0 Å². The predicted molar refractivity (Wildman–Crippen MR) is 58.2 cm³/mol. The number of hydrogen-bond acceptors (Lipinski definition) is 6. The van der Waals surface area contributed by atoms with Gasteiger partial charge in [-0.3, -0.25) is 10.4 Å². The van der Waals surface area contributed by atoms with Gasteiger partial charge in [-0.05, 0) is 28.3 Å². The van der Waals surface area contributed by atoms with Gasteiger partial charge in [0.1, 0.15) is 5.84 Å². The van der Waals surface area contributed by atoms with Gasteiger partial charge in [-0.1, -0.05) is 0 Å². The predicted octanol–water partition coefficient (Wildman–Crippen LogP) is 0.0404. The third-order valence-corrected chi connectivity index (χ3v) is 2.93. The molecule has 0 unspecified atom stereocenters. The van der Waals surface area contributed by atoms with Crippen molar-refractivity contribution in [1.29, 1.82) is 5.41 Å². The Morgan fingerprint density at radius 3 is 3.00 bits per heavy atom. The molecule has 7 nitrogen and oxygen atoms in total. The summed E-state index contributed by atoms with van der Waals surface area (Å²) in [4.78, 5) is 4.74. The zero-order valence-electron chi connectivity index (χ0n) is 8.45. The average Bonchev–Trinajstić information content (AvgIpc) is 2.65. The molecule has 0 amide bonds. The maximum Gasteiger partial charge on any atom is 0.213 e. The molecule has 2 aromatic heterocycles. The van der Waals surface area contributed by atoms with Gasteiger partial charge < -0.3 is 5.73 Å². The molecular formula is C8H9N7S. The van der Waals surface area contributed by atoms with Crippen molar-refractivity contribution in [2.75, 3.05) is 0 Å². The standard InChI is InChI=1S/C8H9N7S/c1-15-8(12-13-14-15)16-6-4-11-3-2-5(6)7(9)10/h2-4H,1H3,(H3,9,10). The van der Waals surface area contributed by atoms with E-state index in [-0.39, 0.29) is 5.84 Å². The number of nitrogens with one attached hydrogen (secondary N) is 1. The minimum Gasteiger partial charge on any atom is -0.384 e. The minimum absolute atomic E-state index is 0.0000255. The number of tetrazole rings is 1. The van der Waals surface area contributed by atoms with Crippen LogP contribution in [0.2, 0.25) is 0 Å². The molecule has 0 aromatic carbocycles. The van der Waals surface area contributed by atoms with Crippen molar-refractivity contribution in [3.63, 3.8) is 0 Å². The summed E-state index contributed by atoms with van der Waals surface area (Å²) in [7, 11) is 1.74. The first kappa shape index (κ1) is 10.6. The zero-order valence-corrected chi connectivity index (χ0v) is 9.27. The maximum atomic E-state index is 7.44. The number of aromatic nitrogens is 5. The van der Waals surface area contributed by atoms with Gasteiger partial charge in [0.15, 0.2) is 0 Å². The van der Waals surface area contributed by atoms with Crippen molar-refractivity contribution in [3.05, 3.63) is 24.0 Å². The summed E-state index contributed by atoms with van der Waals surface area (Å²) in [6.07, 6.45) is 3.23. The van der Waals surface area contributed by atoms with E-state index in [0.29, 0.717) is 10.7 Å². The number of pyridine rings is 1. The summed E-state index contributed by atoms with van der Waals surface area (Å²) < 4.78 is 1.54. The highest BCUT2D eigenvalue weighted by Gasteiger charge is 2.10. The van der Waals surface area contributed by atoms with Gasteiger partial charge in [0.05, 0.1) is 0 Å². The maximum absolute atomic E-state index is 7.44. The Hall–Kier alpha value is -1.96. The lowest BCUT2D eigenvalue weighted by molar-refractivity contribution is 0.664. The summed E-state index contributed by atoms with van der Waals surface area (Å²) in [6, 6.07) is 1.69. The highest BCUT2D eigenvalue weighted by molar-refractivity contribution is 7.99. The third kappa shape index (κ3) is 2.01. The molecule has 0 saturated heterocycles. The lowest BCUT2D eigenvalue weighted by atomic mass is 10.2. The minimum atomic E-state index is 0.0000255. The second kappa shape index (κ2) is 4.27. The van der Waals surface area contributed by atoms with Crippen molar-refractivity contribution in [1.82, 2.24) is 25.2 Å². The number of rotatable bonds is 3. The van der Waals surface area contributed by atoms with Crippen LogP contribution < -0.4 is 5.73 Å². The molecule has 0 saturated carbocycles. The number of nitrogen functional groups attached to an aromatic ring is 1. The molecule has 0 atom stereocenters. The first-order valence-electron chi connectivity index (χ1n) is 4.37. The largest absolute Gasteiger partial charge is 0.384 e. The van der Waals surface area contributed by atoms with Crippen LogP contribution in [0.5, 0.6) is 0 Å². The normalized spacial score (nSPS) is 10.3. The van der Waals surface area contributed by atoms with Gasteiger partial charge >= 0.3 is 0 Å². The third-order valence-electron chi connectivity index (χ3n) is 1.86. The molecule has 0 aliphatic heterocycles. The zero-order chi connectivity index (χ0) is 11.5. The van der Waals surface area contributed by atoms with E-state index < -0.39 is 0 Å². The Bertz CT molecular complexity index is 521. The van der Waals surface area contributed by atoms with Crippen LogP contribution >= 0.6 is 11.8 Å². The van der Waals surface area contributed by atoms with Gasteiger partial charge in [0, 0.05) is 29.9 Å². The molecule has 2 rings (SSSR count). The fourth-order valence-electron chi connectivity index (χ4n) is 1.09. The molecule has 3 N–H and O–H groups in total. The SMILES string of the molecule is Cn1nnnc1Sc1cnccc1C(=N)N. The fraction of sp³-hybridized carbons (Fsp3) is 0.125. The first-order chi connectivity index (χ1) is 7.68. The van der Waals surface area contributed by atoms with E-state index >= 15 is 0 Å². The highest BCUT2D eigenvalue weighted by Crippen LogP contribution is 2.26.